The molecule has 4 atom stereocenters. The van der Waals surface area contributed by atoms with Crippen molar-refractivity contribution in [1.29, 1.82) is 0 Å². The monoisotopic (exact) mass is 218 g/mol. The average Bonchev–Trinajstić information content (AvgIpc) is 2.09. The van der Waals surface area contributed by atoms with Crippen molar-refractivity contribution in [2.75, 3.05) is 0 Å². The molecule has 0 spiro atoms. The van der Waals surface area contributed by atoms with Crippen molar-refractivity contribution in [2.24, 2.45) is 5.92 Å². The van der Waals surface area contributed by atoms with Crippen LogP contribution in [0, 0.1) is 5.92 Å². The molecule has 5 nitrogen and oxygen atoms in total. The Bertz CT molecular complexity index is 228. The Labute approximate surface area is 88.7 Å². The van der Waals surface area contributed by atoms with Crippen LogP contribution in [0.2, 0.25) is 0 Å². The zero-order valence-electron chi connectivity index (χ0n) is 8.96. The first-order valence-corrected chi connectivity index (χ1v) is 5.15. The molecule has 0 aromatic carbocycles. The van der Waals surface area contributed by atoms with Crippen molar-refractivity contribution >= 4 is 5.97 Å². The molecular formula is C10H18O5. The largest absolute Gasteiger partial charge is 0.481 e. The number of carboxylic acid groups (broad SMARTS) is 1. The summed E-state index contributed by atoms with van der Waals surface area (Å²) in [7, 11) is 0. The maximum Gasteiger partial charge on any atom is 0.305 e. The van der Waals surface area contributed by atoms with Crippen LogP contribution in [0.5, 0.6) is 0 Å². The summed E-state index contributed by atoms with van der Waals surface area (Å²) in [6.45, 7) is 3.73. The van der Waals surface area contributed by atoms with Crippen LogP contribution < -0.4 is 0 Å². The first-order chi connectivity index (χ1) is 6.91. The van der Waals surface area contributed by atoms with Crippen LogP contribution in [-0.2, 0) is 9.53 Å². The lowest BCUT2D eigenvalue weighted by atomic mass is 9.90. The molecule has 1 rings (SSSR count). The Kier molecular flexibility index (Phi) is 4.07. The molecule has 3 N–H and O–H groups in total. The van der Waals surface area contributed by atoms with Gasteiger partial charge >= 0.3 is 5.97 Å². The molecule has 0 saturated carbocycles. The number of rotatable bonds is 3. The van der Waals surface area contributed by atoms with Gasteiger partial charge in [-0.05, 0) is 5.92 Å². The highest BCUT2D eigenvalue weighted by atomic mass is 16.5. The van der Waals surface area contributed by atoms with Gasteiger partial charge in [0, 0.05) is 6.42 Å². The van der Waals surface area contributed by atoms with Crippen molar-refractivity contribution < 1.29 is 24.9 Å². The van der Waals surface area contributed by atoms with Crippen LogP contribution in [0.25, 0.3) is 0 Å². The third-order valence-electron chi connectivity index (χ3n) is 2.64. The number of aliphatic hydroxyl groups excluding tert-OH is 2. The summed E-state index contributed by atoms with van der Waals surface area (Å²) in [6.07, 6.45) is -2.76. The van der Waals surface area contributed by atoms with E-state index in [9.17, 15) is 15.0 Å². The van der Waals surface area contributed by atoms with Gasteiger partial charge in [-0.3, -0.25) is 4.79 Å². The summed E-state index contributed by atoms with van der Waals surface area (Å²) in [6, 6.07) is 0. The summed E-state index contributed by atoms with van der Waals surface area (Å²) in [5.74, 6) is -0.905. The van der Waals surface area contributed by atoms with Gasteiger partial charge in [-0.25, -0.2) is 0 Å². The Morgan fingerprint density at radius 1 is 1.47 bits per heavy atom. The molecule has 0 radical (unpaired) electrons. The number of hydrogen-bond donors (Lipinski definition) is 3. The van der Waals surface area contributed by atoms with E-state index >= 15 is 0 Å². The summed E-state index contributed by atoms with van der Waals surface area (Å²) < 4.78 is 5.45. The summed E-state index contributed by atoms with van der Waals surface area (Å²) in [4.78, 5) is 10.5. The zero-order chi connectivity index (χ0) is 11.6. The van der Waals surface area contributed by atoms with Crippen molar-refractivity contribution in [3.63, 3.8) is 0 Å². The second kappa shape index (κ2) is 4.92. The van der Waals surface area contributed by atoms with E-state index < -0.39 is 30.4 Å². The highest BCUT2D eigenvalue weighted by molar-refractivity contribution is 5.67. The predicted octanol–water partition coefficient (Wildman–Crippen LogP) is -0.00360. The van der Waals surface area contributed by atoms with E-state index in [1.165, 1.54) is 0 Å². The van der Waals surface area contributed by atoms with Crippen LogP contribution in [-0.4, -0.2) is 45.7 Å². The molecular weight excluding hydrogens is 200 g/mol. The van der Waals surface area contributed by atoms with E-state index in [1.54, 1.807) is 0 Å². The van der Waals surface area contributed by atoms with E-state index in [1.807, 2.05) is 13.8 Å². The van der Waals surface area contributed by atoms with E-state index in [-0.39, 0.29) is 18.8 Å². The van der Waals surface area contributed by atoms with E-state index in [2.05, 4.69) is 0 Å². The molecule has 15 heavy (non-hydrogen) atoms. The Morgan fingerprint density at radius 2 is 2.07 bits per heavy atom. The van der Waals surface area contributed by atoms with Crippen molar-refractivity contribution in [2.45, 2.75) is 51.1 Å². The maximum absolute atomic E-state index is 10.5. The molecule has 1 aliphatic heterocycles. The third kappa shape index (κ3) is 3.15. The van der Waals surface area contributed by atoms with E-state index in [0.717, 1.165) is 0 Å². The number of hydrogen-bond acceptors (Lipinski definition) is 4. The second-order valence-electron chi connectivity index (χ2n) is 4.36. The smallest absolute Gasteiger partial charge is 0.305 e. The van der Waals surface area contributed by atoms with Crippen LogP contribution in [0.1, 0.15) is 26.7 Å². The van der Waals surface area contributed by atoms with Gasteiger partial charge in [0.1, 0.15) is 6.10 Å². The first-order valence-electron chi connectivity index (χ1n) is 5.15. The molecule has 0 unspecified atom stereocenters. The lowest BCUT2D eigenvalue weighted by molar-refractivity contribution is -0.187. The average molecular weight is 218 g/mol. The molecule has 88 valence electrons. The Balaban J connectivity index is 2.62. The molecule has 0 bridgehead atoms. The highest BCUT2D eigenvalue weighted by Gasteiger charge is 2.38. The summed E-state index contributed by atoms with van der Waals surface area (Å²) in [5.41, 5.74) is 0. The fourth-order valence-electron chi connectivity index (χ4n) is 1.86. The molecule has 1 saturated heterocycles. The van der Waals surface area contributed by atoms with Gasteiger partial charge in [-0.2, -0.15) is 0 Å². The van der Waals surface area contributed by atoms with Gasteiger partial charge in [0.05, 0.1) is 24.7 Å². The lowest BCUT2D eigenvalue weighted by Crippen LogP contribution is -2.50. The minimum atomic E-state index is -0.953. The molecule has 0 amide bonds. The Morgan fingerprint density at radius 3 is 2.53 bits per heavy atom. The molecule has 5 heteroatoms. The molecule has 0 aromatic heterocycles. The van der Waals surface area contributed by atoms with Gasteiger partial charge in [0.25, 0.3) is 0 Å². The third-order valence-corrected chi connectivity index (χ3v) is 2.64. The van der Waals surface area contributed by atoms with Crippen LogP contribution in [0.15, 0.2) is 0 Å². The standard InChI is InChI=1S/C10H18O5/c1-5(2)10-9(14)7(11)3-6(15-10)4-8(12)13/h5-7,9-11,14H,3-4H2,1-2H3,(H,12,13)/t6-,7-,9+,10-/m0/s1. The Hall–Kier alpha value is -0.650. The van der Waals surface area contributed by atoms with Crippen molar-refractivity contribution in [3.8, 4) is 0 Å². The lowest BCUT2D eigenvalue weighted by Gasteiger charge is -2.38. The van der Waals surface area contributed by atoms with Gasteiger partial charge in [-0.15, -0.1) is 0 Å². The summed E-state index contributed by atoms with van der Waals surface area (Å²) in [5, 5.41) is 27.8. The van der Waals surface area contributed by atoms with Gasteiger partial charge in [0.2, 0.25) is 0 Å². The number of carboxylic acids is 1. The minimum Gasteiger partial charge on any atom is -0.481 e. The normalized spacial score (nSPS) is 36.9. The van der Waals surface area contributed by atoms with Crippen molar-refractivity contribution in [1.82, 2.24) is 0 Å². The van der Waals surface area contributed by atoms with Crippen molar-refractivity contribution in [3.05, 3.63) is 0 Å². The number of aliphatic hydroxyl groups is 2. The fourth-order valence-corrected chi connectivity index (χ4v) is 1.86. The van der Waals surface area contributed by atoms with Gasteiger partial charge < -0.3 is 20.1 Å². The predicted molar refractivity (Wildman–Crippen MR) is 52.4 cm³/mol. The highest BCUT2D eigenvalue weighted by Crippen LogP contribution is 2.26. The minimum absolute atomic E-state index is 0.0474. The first kappa shape index (κ1) is 12.4. The van der Waals surface area contributed by atoms with Gasteiger partial charge in [0.15, 0.2) is 0 Å². The van der Waals surface area contributed by atoms with E-state index in [4.69, 9.17) is 9.84 Å². The van der Waals surface area contributed by atoms with Gasteiger partial charge in [-0.1, -0.05) is 13.8 Å². The van der Waals surface area contributed by atoms with Crippen LogP contribution in [0.3, 0.4) is 0 Å². The molecule has 0 aromatic rings. The second-order valence-corrected chi connectivity index (χ2v) is 4.36. The zero-order valence-corrected chi connectivity index (χ0v) is 8.96. The topological polar surface area (TPSA) is 87.0 Å². The number of carbonyl (C=O) groups is 1. The number of aliphatic carboxylic acids is 1. The van der Waals surface area contributed by atoms with E-state index in [0.29, 0.717) is 0 Å². The van der Waals surface area contributed by atoms with Crippen LogP contribution in [0.4, 0.5) is 0 Å². The molecule has 1 aliphatic rings. The summed E-state index contributed by atoms with van der Waals surface area (Å²) >= 11 is 0. The quantitative estimate of drug-likeness (QED) is 0.620. The SMILES string of the molecule is CC(C)[C@@H]1O[C@H](CC(=O)O)C[C@H](O)[C@H]1O. The molecule has 0 aliphatic carbocycles. The van der Waals surface area contributed by atoms with Crippen LogP contribution >= 0.6 is 0 Å². The number of ether oxygens (including phenoxy) is 1. The maximum atomic E-state index is 10.5. The molecule has 1 fully saturated rings. The fraction of sp³-hybridized carbons (Fsp3) is 0.900. The molecule has 1 heterocycles.